The number of hydrogen-bond donors (Lipinski definition) is 4. The maximum Gasteiger partial charge on any atom is 0.141 e. The number of ether oxygens (including phenoxy) is 1. The van der Waals surface area contributed by atoms with Crippen molar-refractivity contribution in [2.24, 2.45) is 0 Å². The maximum atomic E-state index is 9.21. The summed E-state index contributed by atoms with van der Waals surface area (Å²) < 4.78 is 4.94. The molecule has 0 aromatic carbocycles. The molecule has 0 radical (unpaired) electrons. The Morgan fingerprint density at radius 1 is 1.08 bits per heavy atom. The van der Waals surface area contributed by atoms with Crippen molar-refractivity contribution in [1.82, 2.24) is 0 Å². The topological polar surface area (TPSA) is 90.2 Å². The van der Waals surface area contributed by atoms with E-state index in [1.807, 2.05) is 0 Å². The molecule has 5 nitrogen and oxygen atoms in total. The summed E-state index contributed by atoms with van der Waals surface area (Å²) in [6.07, 6.45) is -4.57. The van der Waals surface area contributed by atoms with Crippen molar-refractivity contribution in [2.45, 2.75) is 29.4 Å². The summed E-state index contributed by atoms with van der Waals surface area (Å²) in [6.45, 7) is -0.396. The third-order valence-electron chi connectivity index (χ3n) is 1.83. The number of alkyl halides is 1. The summed E-state index contributed by atoms with van der Waals surface area (Å²) in [5.41, 5.74) is 0. The largest absolute Gasteiger partial charge is 0.394 e. The van der Waals surface area contributed by atoms with Crippen LogP contribution < -0.4 is 0 Å². The highest BCUT2D eigenvalue weighted by Crippen LogP contribution is 2.24. The van der Waals surface area contributed by atoms with Gasteiger partial charge in [0.2, 0.25) is 0 Å². The normalized spacial score (nSPS) is 49.2. The standard InChI is InChI=1S/C6H11BrO5/c7-6-5(11)4(10)3(9)2(1-8)12-6/h2-6,8-11H,1H2/t2-,3+,4+,5-,6?/m1/s1. The van der Waals surface area contributed by atoms with Gasteiger partial charge in [-0.2, -0.15) is 0 Å². The van der Waals surface area contributed by atoms with Gasteiger partial charge in [-0.15, -0.1) is 0 Å². The van der Waals surface area contributed by atoms with E-state index in [9.17, 15) is 10.2 Å². The van der Waals surface area contributed by atoms with Crippen LogP contribution in [0.3, 0.4) is 0 Å². The highest BCUT2D eigenvalue weighted by molar-refractivity contribution is 9.09. The second-order valence-electron chi connectivity index (χ2n) is 2.68. The lowest BCUT2D eigenvalue weighted by Crippen LogP contribution is -2.56. The van der Waals surface area contributed by atoms with Gasteiger partial charge >= 0.3 is 0 Å². The summed E-state index contributed by atoms with van der Waals surface area (Å²) in [5.74, 6) is 0. The fourth-order valence-corrected chi connectivity index (χ4v) is 1.65. The highest BCUT2D eigenvalue weighted by Gasteiger charge is 2.42. The molecule has 0 amide bonds. The summed E-state index contributed by atoms with van der Waals surface area (Å²) in [4.78, 5) is 0. The highest BCUT2D eigenvalue weighted by atomic mass is 79.9. The zero-order chi connectivity index (χ0) is 9.30. The minimum Gasteiger partial charge on any atom is -0.394 e. The molecule has 1 saturated heterocycles. The number of hydrogen-bond acceptors (Lipinski definition) is 5. The second-order valence-corrected chi connectivity index (χ2v) is 3.58. The average Bonchev–Trinajstić information content (AvgIpc) is 2.08. The van der Waals surface area contributed by atoms with Crippen LogP contribution >= 0.6 is 15.9 Å². The molecule has 4 N–H and O–H groups in total. The molecule has 12 heavy (non-hydrogen) atoms. The average molecular weight is 243 g/mol. The Hall–Kier alpha value is 0.280. The van der Waals surface area contributed by atoms with Crippen molar-refractivity contribution in [3.05, 3.63) is 0 Å². The number of halogens is 1. The molecule has 1 fully saturated rings. The first kappa shape index (κ1) is 10.4. The zero-order valence-electron chi connectivity index (χ0n) is 6.17. The molecule has 0 bridgehead atoms. The third-order valence-corrected chi connectivity index (χ3v) is 2.59. The van der Waals surface area contributed by atoms with Gasteiger partial charge in [-0.1, -0.05) is 15.9 Å². The van der Waals surface area contributed by atoms with Crippen LogP contribution in [0.1, 0.15) is 0 Å². The Balaban J connectivity index is 2.63. The molecule has 1 unspecified atom stereocenters. The molecule has 1 aliphatic heterocycles. The molecule has 6 heteroatoms. The predicted molar refractivity (Wildman–Crippen MR) is 42.7 cm³/mol. The van der Waals surface area contributed by atoms with Crippen molar-refractivity contribution >= 4 is 15.9 Å². The van der Waals surface area contributed by atoms with Crippen LogP contribution in [0, 0.1) is 0 Å². The lowest BCUT2D eigenvalue weighted by Gasteiger charge is -2.37. The molecule has 0 saturated carbocycles. The fourth-order valence-electron chi connectivity index (χ4n) is 1.06. The van der Waals surface area contributed by atoms with E-state index >= 15 is 0 Å². The first-order valence-corrected chi connectivity index (χ1v) is 4.44. The van der Waals surface area contributed by atoms with E-state index in [-0.39, 0.29) is 0 Å². The van der Waals surface area contributed by atoms with E-state index in [4.69, 9.17) is 14.9 Å². The van der Waals surface area contributed by atoms with Crippen LogP contribution in [0.25, 0.3) is 0 Å². The van der Waals surface area contributed by atoms with E-state index in [0.29, 0.717) is 0 Å². The lowest BCUT2D eigenvalue weighted by atomic mass is 10.0. The summed E-state index contributed by atoms with van der Waals surface area (Å²) >= 11 is 2.95. The molecule has 0 aromatic rings. The Morgan fingerprint density at radius 3 is 2.17 bits per heavy atom. The quantitative estimate of drug-likeness (QED) is 0.407. The van der Waals surface area contributed by atoms with E-state index in [1.165, 1.54) is 0 Å². The SMILES string of the molecule is OC[C@H]1OC(Br)[C@H](O)[C@@H](O)[C@H]1O. The van der Waals surface area contributed by atoms with Gasteiger partial charge in [-0.25, -0.2) is 0 Å². The molecule has 1 rings (SSSR count). The second kappa shape index (κ2) is 3.99. The van der Waals surface area contributed by atoms with Gasteiger partial charge in [0.05, 0.1) is 6.61 Å². The van der Waals surface area contributed by atoms with Gasteiger partial charge < -0.3 is 25.2 Å². The van der Waals surface area contributed by atoms with Crippen LogP contribution in [0.5, 0.6) is 0 Å². The summed E-state index contributed by atoms with van der Waals surface area (Å²) in [7, 11) is 0. The predicted octanol–water partition coefficient (Wildman–Crippen LogP) is -1.82. The van der Waals surface area contributed by atoms with Crippen LogP contribution in [-0.2, 0) is 4.74 Å². The van der Waals surface area contributed by atoms with Gasteiger partial charge in [0.15, 0.2) is 0 Å². The van der Waals surface area contributed by atoms with Gasteiger partial charge in [0, 0.05) is 0 Å². The molecule has 72 valence electrons. The Labute approximate surface area is 77.7 Å². The van der Waals surface area contributed by atoms with E-state index < -0.39 is 36.0 Å². The maximum absolute atomic E-state index is 9.21. The van der Waals surface area contributed by atoms with Crippen molar-refractivity contribution in [1.29, 1.82) is 0 Å². The van der Waals surface area contributed by atoms with Gasteiger partial charge in [-0.3, -0.25) is 0 Å². The van der Waals surface area contributed by atoms with Crippen LogP contribution in [0.15, 0.2) is 0 Å². The van der Waals surface area contributed by atoms with Gasteiger partial charge in [0.1, 0.15) is 29.4 Å². The van der Waals surface area contributed by atoms with E-state index in [2.05, 4.69) is 15.9 Å². The van der Waals surface area contributed by atoms with Crippen molar-refractivity contribution in [3.63, 3.8) is 0 Å². The Morgan fingerprint density at radius 2 is 1.67 bits per heavy atom. The first-order chi connectivity index (χ1) is 5.57. The van der Waals surface area contributed by atoms with Crippen molar-refractivity contribution < 1.29 is 25.2 Å². The monoisotopic (exact) mass is 242 g/mol. The molecule has 0 aliphatic carbocycles. The van der Waals surface area contributed by atoms with Gasteiger partial charge in [0.25, 0.3) is 0 Å². The van der Waals surface area contributed by atoms with Crippen molar-refractivity contribution in [2.75, 3.05) is 6.61 Å². The van der Waals surface area contributed by atoms with Gasteiger partial charge in [-0.05, 0) is 0 Å². The molecular weight excluding hydrogens is 232 g/mol. The fraction of sp³-hybridized carbons (Fsp3) is 1.00. The molecule has 1 heterocycles. The summed E-state index contributed by atoms with van der Waals surface area (Å²) in [5, 5.41) is 35.5. The molecule has 0 spiro atoms. The third kappa shape index (κ3) is 1.78. The van der Waals surface area contributed by atoms with Crippen LogP contribution in [0.2, 0.25) is 0 Å². The number of aliphatic hydroxyl groups is 4. The minimum absolute atomic E-state index is 0.396. The first-order valence-electron chi connectivity index (χ1n) is 3.52. The molecule has 5 atom stereocenters. The Bertz CT molecular complexity index is 150. The Kier molecular flexibility index (Phi) is 3.45. The summed E-state index contributed by atoms with van der Waals surface area (Å²) in [6, 6.07) is 0. The molecular formula is C6H11BrO5. The minimum atomic E-state index is -1.29. The van der Waals surface area contributed by atoms with E-state index in [0.717, 1.165) is 0 Å². The zero-order valence-corrected chi connectivity index (χ0v) is 7.75. The van der Waals surface area contributed by atoms with Crippen molar-refractivity contribution in [3.8, 4) is 0 Å². The van der Waals surface area contributed by atoms with Crippen LogP contribution in [-0.4, -0.2) is 56.5 Å². The molecule has 0 aromatic heterocycles. The van der Waals surface area contributed by atoms with E-state index in [1.54, 1.807) is 0 Å². The smallest absolute Gasteiger partial charge is 0.141 e. The number of aliphatic hydroxyl groups excluding tert-OH is 4. The lowest BCUT2D eigenvalue weighted by molar-refractivity contribution is -0.203. The molecule has 1 aliphatic rings. The van der Waals surface area contributed by atoms with Crippen LogP contribution in [0.4, 0.5) is 0 Å². The number of rotatable bonds is 1.